The number of hydrogen-bond donors (Lipinski definition) is 3. The normalized spacial score (nSPS) is 10.2. The molecule has 0 aromatic heterocycles. The van der Waals surface area contributed by atoms with Crippen LogP contribution in [0.4, 0.5) is 0 Å². The summed E-state index contributed by atoms with van der Waals surface area (Å²) in [6.07, 6.45) is -2.45. The number of carbonyl (C=O) groups is 6. The molecular weight excluding hydrogens is 473 g/mol. The third-order valence-electron chi connectivity index (χ3n) is 2.22. The van der Waals surface area contributed by atoms with E-state index >= 15 is 0 Å². The molecular formula is C11H11K3O14. The molecule has 0 aliphatic heterocycles. The monoisotopic (exact) mass is 484 g/mol. The summed E-state index contributed by atoms with van der Waals surface area (Å²) < 4.78 is 8.03. The SMILES string of the molecule is COC(C(=O)[O-])(C(=O)[O-])C(=O)O.O=C([O-])COC(CC(=O)O)C(=O)O.[K+].[K+].[K+]. The zero-order valence-electron chi connectivity index (χ0n) is 15.3. The Labute approximate surface area is 284 Å². The quantitative estimate of drug-likeness (QED) is 0.192. The molecule has 0 bridgehead atoms. The largest absolute Gasteiger partial charge is 1.00 e. The number of carbonyl (C=O) groups excluding carboxylic acids is 3. The van der Waals surface area contributed by atoms with Crippen molar-refractivity contribution in [2.45, 2.75) is 18.1 Å². The van der Waals surface area contributed by atoms with Crippen LogP contribution in [-0.2, 0) is 38.2 Å². The maximum Gasteiger partial charge on any atom is 1.00 e. The third-order valence-corrected chi connectivity index (χ3v) is 2.22. The van der Waals surface area contributed by atoms with Gasteiger partial charge < -0.3 is 54.5 Å². The first-order chi connectivity index (χ1) is 11.3. The van der Waals surface area contributed by atoms with Crippen LogP contribution in [-0.4, -0.2) is 76.6 Å². The van der Waals surface area contributed by atoms with Crippen LogP contribution in [0.1, 0.15) is 6.42 Å². The summed E-state index contributed by atoms with van der Waals surface area (Å²) in [5, 5.41) is 54.8. The summed E-state index contributed by atoms with van der Waals surface area (Å²) in [6, 6.07) is 0. The van der Waals surface area contributed by atoms with E-state index in [-0.39, 0.29) is 154 Å². The molecule has 28 heavy (non-hydrogen) atoms. The number of carboxylic acid groups (broad SMARTS) is 6. The van der Waals surface area contributed by atoms with Crippen molar-refractivity contribution in [3.63, 3.8) is 0 Å². The van der Waals surface area contributed by atoms with E-state index in [9.17, 15) is 44.1 Å². The van der Waals surface area contributed by atoms with Gasteiger partial charge in [0.25, 0.3) is 0 Å². The fourth-order valence-corrected chi connectivity index (χ4v) is 1.06. The number of rotatable bonds is 10. The Hall–Kier alpha value is 1.65. The molecule has 0 spiro atoms. The predicted octanol–water partition coefficient (Wildman–Crippen LogP) is -15.4. The molecule has 17 heteroatoms. The summed E-state index contributed by atoms with van der Waals surface area (Å²) in [6.45, 7) is -0.940. The molecule has 0 aromatic rings. The van der Waals surface area contributed by atoms with Gasteiger partial charge in [-0.2, -0.15) is 0 Å². The van der Waals surface area contributed by atoms with Crippen molar-refractivity contribution in [3.8, 4) is 0 Å². The number of aliphatic carboxylic acids is 6. The third kappa shape index (κ3) is 15.5. The van der Waals surface area contributed by atoms with Crippen molar-refractivity contribution in [1.29, 1.82) is 0 Å². The Morgan fingerprint density at radius 1 is 0.893 bits per heavy atom. The van der Waals surface area contributed by atoms with Crippen LogP contribution < -0.4 is 169 Å². The van der Waals surface area contributed by atoms with Gasteiger partial charge in [0.2, 0.25) is 5.60 Å². The van der Waals surface area contributed by atoms with Gasteiger partial charge in [-0.15, -0.1) is 0 Å². The zero-order valence-corrected chi connectivity index (χ0v) is 24.7. The van der Waals surface area contributed by atoms with Crippen molar-refractivity contribution < 1.29 is 223 Å². The van der Waals surface area contributed by atoms with Gasteiger partial charge in [0, 0.05) is 7.11 Å². The first kappa shape index (κ1) is 40.1. The Morgan fingerprint density at radius 3 is 1.43 bits per heavy atom. The second-order valence-corrected chi connectivity index (χ2v) is 3.87. The summed E-state index contributed by atoms with van der Waals surface area (Å²) in [5.41, 5.74) is -3.43. The number of hydrogen-bond acceptors (Lipinski definition) is 11. The molecule has 0 fully saturated rings. The molecule has 0 heterocycles. The van der Waals surface area contributed by atoms with Gasteiger partial charge in [-0.05, 0) is 0 Å². The average Bonchev–Trinajstić information content (AvgIpc) is 2.43. The second-order valence-electron chi connectivity index (χ2n) is 3.87. The molecule has 0 saturated heterocycles. The number of ether oxygens (including phenoxy) is 2. The average molecular weight is 484 g/mol. The molecule has 0 aliphatic carbocycles. The molecule has 142 valence electrons. The van der Waals surface area contributed by atoms with Crippen molar-refractivity contribution in [2.24, 2.45) is 0 Å². The maximum absolute atomic E-state index is 10.2. The summed E-state index contributed by atoms with van der Waals surface area (Å²) >= 11 is 0. The fourth-order valence-electron chi connectivity index (χ4n) is 1.06. The van der Waals surface area contributed by atoms with Gasteiger partial charge in [0.05, 0.1) is 30.9 Å². The smallest absolute Gasteiger partial charge is 0.548 e. The minimum atomic E-state index is -3.43. The van der Waals surface area contributed by atoms with Crippen LogP contribution in [0, 0.1) is 0 Å². The minimum Gasteiger partial charge on any atom is -0.548 e. The molecule has 0 aliphatic rings. The van der Waals surface area contributed by atoms with E-state index in [4.69, 9.17) is 15.3 Å². The molecule has 1 unspecified atom stereocenters. The van der Waals surface area contributed by atoms with E-state index in [0.717, 1.165) is 0 Å². The van der Waals surface area contributed by atoms with Crippen molar-refractivity contribution in [1.82, 2.24) is 0 Å². The van der Waals surface area contributed by atoms with Crippen LogP contribution in [0.3, 0.4) is 0 Å². The standard InChI is InChI=1S/C6H8O7.C5H6O7.3K/c7-4(8)1-3(6(11)12)13-2-5(9)10;1-12-5(2(6)7,3(8)9)4(10)11;;;/h3H,1-2H2,(H,7,8)(H,9,10)(H,11,12);1H3,(H,6,7)(H,8,9)(H,10,11);;;/q;;3*+1/p-3. The first-order valence-electron chi connectivity index (χ1n) is 5.80. The summed E-state index contributed by atoms with van der Waals surface area (Å²) in [5.74, 6) is -11.5. The molecule has 14 nitrogen and oxygen atoms in total. The zero-order chi connectivity index (χ0) is 20.4. The van der Waals surface area contributed by atoms with Gasteiger partial charge in [0.1, 0.15) is 0 Å². The summed E-state index contributed by atoms with van der Waals surface area (Å²) in [7, 11) is 0.611. The molecule has 0 aromatic carbocycles. The Bertz CT molecular complexity index is 527. The van der Waals surface area contributed by atoms with Gasteiger partial charge in [0.15, 0.2) is 6.10 Å². The van der Waals surface area contributed by atoms with Gasteiger partial charge in [-0.25, -0.2) is 9.59 Å². The van der Waals surface area contributed by atoms with Crippen LogP contribution in [0.25, 0.3) is 0 Å². The topological polar surface area (TPSA) is 251 Å². The van der Waals surface area contributed by atoms with Gasteiger partial charge >= 0.3 is 172 Å². The Kier molecular flexibility index (Phi) is 29.4. The molecule has 1 atom stereocenters. The molecule has 3 N–H and O–H groups in total. The van der Waals surface area contributed by atoms with E-state index in [0.29, 0.717) is 7.11 Å². The van der Waals surface area contributed by atoms with Gasteiger partial charge in [-0.3, -0.25) is 4.79 Å². The van der Waals surface area contributed by atoms with Crippen molar-refractivity contribution >= 4 is 35.8 Å². The fraction of sp³-hybridized carbons (Fsp3) is 0.455. The van der Waals surface area contributed by atoms with Crippen molar-refractivity contribution in [3.05, 3.63) is 0 Å². The Balaban J connectivity index is -0.000000114. The van der Waals surface area contributed by atoms with Gasteiger partial charge in [-0.1, -0.05) is 0 Å². The van der Waals surface area contributed by atoms with E-state index in [1.165, 1.54) is 0 Å². The van der Waals surface area contributed by atoms with E-state index < -0.39 is 60.5 Å². The molecule has 0 rings (SSSR count). The van der Waals surface area contributed by atoms with Crippen LogP contribution in [0.5, 0.6) is 0 Å². The maximum atomic E-state index is 10.2. The van der Waals surface area contributed by atoms with Crippen LogP contribution in [0.2, 0.25) is 0 Å². The molecule has 0 radical (unpaired) electrons. The van der Waals surface area contributed by atoms with Crippen LogP contribution >= 0.6 is 0 Å². The van der Waals surface area contributed by atoms with E-state index in [2.05, 4.69) is 9.47 Å². The molecule has 0 saturated carbocycles. The first-order valence-corrected chi connectivity index (χ1v) is 5.80. The van der Waals surface area contributed by atoms with E-state index in [1.807, 2.05) is 0 Å². The predicted molar refractivity (Wildman–Crippen MR) is 62.0 cm³/mol. The Morgan fingerprint density at radius 2 is 1.29 bits per heavy atom. The summed E-state index contributed by atoms with van der Waals surface area (Å²) in [4.78, 5) is 60.5. The number of methoxy groups -OCH3 is 1. The van der Waals surface area contributed by atoms with E-state index in [1.54, 1.807) is 0 Å². The minimum absolute atomic E-state index is 0. The second kappa shape index (κ2) is 20.5. The van der Waals surface area contributed by atoms with Crippen molar-refractivity contribution in [2.75, 3.05) is 13.7 Å². The van der Waals surface area contributed by atoms with Crippen LogP contribution in [0.15, 0.2) is 0 Å². The number of carboxylic acids is 6. The molecule has 0 amide bonds.